The fourth-order valence-electron chi connectivity index (χ4n) is 6.58. The summed E-state index contributed by atoms with van der Waals surface area (Å²) in [6.45, 7) is 18.6. The van der Waals surface area contributed by atoms with Crippen LogP contribution in [0.5, 0.6) is 0 Å². The summed E-state index contributed by atoms with van der Waals surface area (Å²) < 4.78 is 12.9. The van der Waals surface area contributed by atoms with Crippen molar-refractivity contribution in [3.63, 3.8) is 0 Å². The Bertz CT molecular complexity index is 538. The van der Waals surface area contributed by atoms with Gasteiger partial charge >= 0.3 is 0 Å². The first-order chi connectivity index (χ1) is 13.1. The highest BCUT2D eigenvalue weighted by Crippen LogP contribution is 2.43. The van der Waals surface area contributed by atoms with E-state index in [0.29, 0.717) is 30.2 Å². The highest BCUT2D eigenvalue weighted by molar-refractivity contribution is 5.01. The number of ether oxygens (including phenoxy) is 2. The molecule has 2 heterocycles. The number of hydrogen-bond acceptors (Lipinski definition) is 4. The summed E-state index contributed by atoms with van der Waals surface area (Å²) in [5.74, 6) is 1.36. The Morgan fingerprint density at radius 3 is 2.18 bits per heavy atom. The van der Waals surface area contributed by atoms with Crippen molar-refractivity contribution in [3.8, 4) is 0 Å². The second-order valence-electron chi connectivity index (χ2n) is 11.9. The van der Waals surface area contributed by atoms with Crippen LogP contribution in [0.3, 0.4) is 0 Å². The Morgan fingerprint density at radius 2 is 1.46 bits per heavy atom. The lowest BCUT2D eigenvalue weighted by atomic mass is 9.88. The van der Waals surface area contributed by atoms with Gasteiger partial charge in [0.1, 0.15) is 0 Å². The van der Waals surface area contributed by atoms with Crippen LogP contribution in [0, 0.1) is 11.8 Å². The lowest BCUT2D eigenvalue weighted by Gasteiger charge is -2.42. The van der Waals surface area contributed by atoms with Crippen LogP contribution in [0.15, 0.2) is 0 Å². The van der Waals surface area contributed by atoms with Crippen LogP contribution in [0.25, 0.3) is 0 Å². The number of fused-ring (bicyclic) bond motifs is 2. The minimum Gasteiger partial charge on any atom is -0.377 e. The normalized spacial score (nSPS) is 41.4. The van der Waals surface area contributed by atoms with Crippen LogP contribution in [0.2, 0.25) is 0 Å². The molecule has 0 spiro atoms. The van der Waals surface area contributed by atoms with Crippen LogP contribution in [-0.2, 0) is 9.47 Å². The molecule has 0 aromatic heterocycles. The predicted molar refractivity (Wildman–Crippen MR) is 115 cm³/mol. The van der Waals surface area contributed by atoms with Crippen LogP contribution >= 0.6 is 0 Å². The third kappa shape index (κ3) is 4.17. The number of hydrogen-bond donors (Lipinski definition) is 0. The van der Waals surface area contributed by atoms with E-state index in [9.17, 15) is 0 Å². The largest absolute Gasteiger partial charge is 0.377 e. The molecule has 162 valence electrons. The second kappa shape index (κ2) is 7.83. The third-order valence-electron chi connectivity index (χ3n) is 7.95. The molecule has 6 atom stereocenters. The maximum absolute atomic E-state index is 6.55. The molecule has 4 heteroatoms. The van der Waals surface area contributed by atoms with Crippen molar-refractivity contribution in [3.05, 3.63) is 0 Å². The van der Waals surface area contributed by atoms with E-state index in [1.165, 1.54) is 51.6 Å². The third-order valence-corrected chi connectivity index (χ3v) is 7.95. The monoisotopic (exact) mass is 392 g/mol. The molecule has 2 saturated carbocycles. The van der Waals surface area contributed by atoms with Gasteiger partial charge in [-0.2, -0.15) is 0 Å². The predicted octanol–water partition coefficient (Wildman–Crippen LogP) is 4.32. The summed E-state index contributed by atoms with van der Waals surface area (Å²) in [6, 6.07) is 1.21. The van der Waals surface area contributed by atoms with Crippen LogP contribution in [0.4, 0.5) is 0 Å². The first-order valence-corrected chi connectivity index (χ1v) is 11.9. The molecule has 0 bridgehead atoms. The van der Waals surface area contributed by atoms with E-state index in [1.54, 1.807) is 0 Å². The minimum absolute atomic E-state index is 0.218. The van der Waals surface area contributed by atoms with Crippen LogP contribution in [0.1, 0.15) is 80.1 Å². The quantitative estimate of drug-likeness (QED) is 0.663. The van der Waals surface area contributed by atoms with Gasteiger partial charge in [-0.15, -0.1) is 0 Å². The Hall–Kier alpha value is -0.160. The molecule has 0 aromatic carbocycles. The zero-order valence-corrected chi connectivity index (χ0v) is 19.2. The standard InChI is InChI=1S/C24H44N2O2/c1-23(2,3)25-11-8-12-27-22-14-17(13-20(22)25)18-15-26(24(4,5)6)19-9-7-10-21(19)28-16-18/h17-22H,7-16H2,1-6H3/t17?,18?,19-,20-,21-,22+/m0/s1. The van der Waals surface area contributed by atoms with E-state index in [1.807, 2.05) is 0 Å². The fourth-order valence-corrected chi connectivity index (χ4v) is 6.58. The molecular formula is C24H44N2O2. The molecule has 4 fully saturated rings. The molecule has 28 heavy (non-hydrogen) atoms. The van der Waals surface area contributed by atoms with E-state index in [-0.39, 0.29) is 11.1 Å². The Kier molecular flexibility index (Phi) is 5.90. The molecule has 4 aliphatic rings. The highest BCUT2D eigenvalue weighted by atomic mass is 16.5. The van der Waals surface area contributed by atoms with Gasteiger partial charge in [-0.3, -0.25) is 9.80 Å². The average Bonchev–Trinajstić information content (AvgIpc) is 3.10. The maximum atomic E-state index is 6.55. The van der Waals surface area contributed by atoms with Gasteiger partial charge in [0, 0.05) is 42.9 Å². The van der Waals surface area contributed by atoms with Crippen molar-refractivity contribution in [2.24, 2.45) is 11.8 Å². The zero-order chi connectivity index (χ0) is 20.1. The van der Waals surface area contributed by atoms with Crippen LogP contribution < -0.4 is 0 Å². The summed E-state index contributed by atoms with van der Waals surface area (Å²) in [6.07, 6.45) is 8.43. The number of rotatable bonds is 1. The molecule has 0 aromatic rings. The van der Waals surface area contributed by atoms with Crippen molar-refractivity contribution >= 4 is 0 Å². The van der Waals surface area contributed by atoms with E-state index in [0.717, 1.165) is 19.1 Å². The Labute approximate surface area is 173 Å². The lowest BCUT2D eigenvalue weighted by Crippen LogP contribution is -2.52. The molecule has 4 nitrogen and oxygen atoms in total. The lowest BCUT2D eigenvalue weighted by molar-refractivity contribution is 0.00433. The summed E-state index contributed by atoms with van der Waals surface area (Å²) >= 11 is 0. The Morgan fingerprint density at radius 1 is 0.714 bits per heavy atom. The van der Waals surface area contributed by atoms with E-state index in [2.05, 4.69) is 51.3 Å². The summed E-state index contributed by atoms with van der Waals surface area (Å²) in [5, 5.41) is 0. The van der Waals surface area contributed by atoms with Crippen molar-refractivity contribution in [2.45, 2.75) is 115 Å². The molecule has 2 aliphatic heterocycles. The zero-order valence-electron chi connectivity index (χ0n) is 19.2. The molecule has 4 rings (SSSR count). The SMILES string of the molecule is CC(C)(C)N1CC(C2C[C@H]3OCCCN(C(C)(C)C)[C@H]3C2)CO[C@H]2CCC[C@@H]21. The Balaban J connectivity index is 1.51. The molecule has 2 saturated heterocycles. The molecule has 2 unspecified atom stereocenters. The van der Waals surface area contributed by atoms with Crippen molar-refractivity contribution in [1.29, 1.82) is 0 Å². The van der Waals surface area contributed by atoms with E-state index < -0.39 is 0 Å². The fraction of sp³-hybridized carbons (Fsp3) is 1.00. The number of nitrogens with zero attached hydrogens (tertiary/aromatic N) is 2. The molecule has 2 aliphatic carbocycles. The molecule has 0 amide bonds. The minimum atomic E-state index is 0.218. The molecule has 0 radical (unpaired) electrons. The van der Waals surface area contributed by atoms with Crippen molar-refractivity contribution in [2.75, 3.05) is 26.3 Å². The first kappa shape index (κ1) is 21.1. The van der Waals surface area contributed by atoms with Gasteiger partial charge in [-0.25, -0.2) is 0 Å². The van der Waals surface area contributed by atoms with Gasteiger partial charge in [0.15, 0.2) is 0 Å². The van der Waals surface area contributed by atoms with E-state index in [4.69, 9.17) is 9.47 Å². The average molecular weight is 393 g/mol. The summed E-state index contributed by atoms with van der Waals surface area (Å²) in [7, 11) is 0. The smallest absolute Gasteiger partial charge is 0.0733 e. The second-order valence-corrected chi connectivity index (χ2v) is 11.9. The van der Waals surface area contributed by atoms with Gasteiger partial charge < -0.3 is 9.47 Å². The van der Waals surface area contributed by atoms with Gasteiger partial charge in [0.05, 0.1) is 18.8 Å². The first-order valence-electron chi connectivity index (χ1n) is 11.9. The maximum Gasteiger partial charge on any atom is 0.0733 e. The van der Waals surface area contributed by atoms with Gasteiger partial charge in [-0.1, -0.05) is 0 Å². The van der Waals surface area contributed by atoms with Crippen LogP contribution in [-0.4, -0.2) is 71.5 Å². The van der Waals surface area contributed by atoms with Gasteiger partial charge in [-0.05, 0) is 91.9 Å². The van der Waals surface area contributed by atoms with Gasteiger partial charge in [0.2, 0.25) is 0 Å². The molecular weight excluding hydrogens is 348 g/mol. The van der Waals surface area contributed by atoms with Crippen molar-refractivity contribution in [1.82, 2.24) is 9.80 Å². The van der Waals surface area contributed by atoms with Crippen molar-refractivity contribution < 1.29 is 9.47 Å². The van der Waals surface area contributed by atoms with E-state index >= 15 is 0 Å². The summed E-state index contributed by atoms with van der Waals surface area (Å²) in [5.41, 5.74) is 0.440. The van der Waals surface area contributed by atoms with Gasteiger partial charge in [0.25, 0.3) is 0 Å². The topological polar surface area (TPSA) is 24.9 Å². The highest BCUT2D eigenvalue weighted by Gasteiger charge is 2.48. The summed E-state index contributed by atoms with van der Waals surface area (Å²) in [4.78, 5) is 5.55. The molecule has 0 N–H and O–H groups in total.